The fourth-order valence-electron chi connectivity index (χ4n) is 2.57. The van der Waals surface area contributed by atoms with E-state index in [1.54, 1.807) is 6.07 Å². The third-order valence-electron chi connectivity index (χ3n) is 4.11. The third kappa shape index (κ3) is 1.91. The number of rotatable bonds is 4. The maximum atomic E-state index is 13.2. The molecular formula is C14H16ClFN2. The zero-order valence-corrected chi connectivity index (χ0v) is 11.2. The Morgan fingerprint density at radius 3 is 2.83 bits per heavy atom. The number of hydrogen-bond donors (Lipinski definition) is 0. The van der Waals surface area contributed by atoms with E-state index in [4.69, 9.17) is 11.6 Å². The minimum Gasteiger partial charge on any atom is -0.326 e. The highest BCUT2D eigenvalue weighted by molar-refractivity contribution is 6.16. The van der Waals surface area contributed by atoms with E-state index in [2.05, 4.69) is 16.5 Å². The molecule has 0 amide bonds. The van der Waals surface area contributed by atoms with Crippen molar-refractivity contribution in [1.82, 2.24) is 9.55 Å². The third-order valence-corrected chi connectivity index (χ3v) is 4.35. The fourth-order valence-corrected chi connectivity index (χ4v) is 2.77. The summed E-state index contributed by atoms with van der Waals surface area (Å²) in [6.07, 6.45) is 3.72. The van der Waals surface area contributed by atoms with Crippen LogP contribution >= 0.6 is 11.6 Å². The molecule has 1 fully saturated rings. The van der Waals surface area contributed by atoms with Gasteiger partial charge in [0.25, 0.3) is 0 Å². The molecule has 4 heteroatoms. The first kappa shape index (κ1) is 12.0. The van der Waals surface area contributed by atoms with E-state index in [1.807, 2.05) is 0 Å². The monoisotopic (exact) mass is 266 g/mol. The molecule has 1 aliphatic rings. The Kier molecular flexibility index (Phi) is 2.81. The Morgan fingerprint density at radius 1 is 1.44 bits per heavy atom. The van der Waals surface area contributed by atoms with Gasteiger partial charge >= 0.3 is 0 Å². The SMILES string of the molecule is CCC1(Cn2c(CCl)nc3cc(F)ccc32)CC1. The summed E-state index contributed by atoms with van der Waals surface area (Å²) in [5, 5.41) is 0. The van der Waals surface area contributed by atoms with Gasteiger partial charge in [-0.3, -0.25) is 0 Å². The van der Waals surface area contributed by atoms with Gasteiger partial charge in [0, 0.05) is 12.6 Å². The molecule has 3 rings (SSSR count). The Bertz CT molecular complexity index is 587. The maximum Gasteiger partial charge on any atom is 0.125 e. The van der Waals surface area contributed by atoms with Gasteiger partial charge in [-0.05, 0) is 36.8 Å². The summed E-state index contributed by atoms with van der Waals surface area (Å²) >= 11 is 5.96. The molecule has 2 aromatic rings. The van der Waals surface area contributed by atoms with Gasteiger partial charge in [-0.2, -0.15) is 0 Å². The lowest BCUT2D eigenvalue weighted by molar-refractivity contribution is 0.410. The summed E-state index contributed by atoms with van der Waals surface area (Å²) in [6.45, 7) is 3.18. The van der Waals surface area contributed by atoms with Crippen LogP contribution in [0.4, 0.5) is 4.39 Å². The Labute approximate surface area is 111 Å². The lowest BCUT2D eigenvalue weighted by atomic mass is 10.0. The van der Waals surface area contributed by atoms with Crippen LogP contribution in [0.15, 0.2) is 18.2 Å². The van der Waals surface area contributed by atoms with Crippen molar-refractivity contribution in [2.24, 2.45) is 5.41 Å². The van der Waals surface area contributed by atoms with Crippen LogP contribution in [0, 0.1) is 11.2 Å². The van der Waals surface area contributed by atoms with Gasteiger partial charge in [-0.25, -0.2) is 9.37 Å². The van der Waals surface area contributed by atoms with E-state index in [-0.39, 0.29) is 5.82 Å². The van der Waals surface area contributed by atoms with E-state index >= 15 is 0 Å². The summed E-state index contributed by atoms with van der Waals surface area (Å²) in [5.41, 5.74) is 2.12. The molecule has 0 unspecified atom stereocenters. The van der Waals surface area contributed by atoms with Gasteiger partial charge in [0.15, 0.2) is 0 Å². The van der Waals surface area contributed by atoms with Crippen LogP contribution in [0.3, 0.4) is 0 Å². The zero-order chi connectivity index (χ0) is 12.8. The standard InChI is InChI=1S/C14H16ClFN2/c1-2-14(5-6-14)9-18-12-4-3-10(16)7-11(12)17-13(18)8-15/h3-4,7H,2,5-6,8-9H2,1H3. The Hall–Kier alpha value is -1.09. The van der Waals surface area contributed by atoms with E-state index in [1.165, 1.54) is 31.4 Å². The van der Waals surface area contributed by atoms with E-state index in [9.17, 15) is 4.39 Å². The van der Waals surface area contributed by atoms with Crippen LogP contribution in [-0.2, 0) is 12.4 Å². The van der Waals surface area contributed by atoms with Crippen molar-refractivity contribution in [2.45, 2.75) is 38.6 Å². The summed E-state index contributed by atoms with van der Waals surface area (Å²) in [7, 11) is 0. The molecule has 0 aliphatic heterocycles. The van der Waals surface area contributed by atoms with E-state index < -0.39 is 0 Å². The number of halogens is 2. The number of nitrogens with zero attached hydrogens (tertiary/aromatic N) is 2. The summed E-state index contributed by atoms with van der Waals surface area (Å²) < 4.78 is 15.4. The highest BCUT2D eigenvalue weighted by atomic mass is 35.5. The maximum absolute atomic E-state index is 13.2. The minimum absolute atomic E-state index is 0.245. The molecule has 1 aliphatic carbocycles. The smallest absolute Gasteiger partial charge is 0.125 e. The van der Waals surface area contributed by atoms with Crippen LogP contribution in [0.2, 0.25) is 0 Å². The predicted octanol–water partition coefficient (Wildman–Crippen LogP) is 4.10. The second kappa shape index (κ2) is 4.23. The first-order valence-electron chi connectivity index (χ1n) is 6.38. The lowest BCUT2D eigenvalue weighted by Gasteiger charge is -2.15. The van der Waals surface area contributed by atoms with Crippen LogP contribution < -0.4 is 0 Å². The van der Waals surface area contributed by atoms with Crippen molar-refractivity contribution >= 4 is 22.6 Å². The van der Waals surface area contributed by atoms with E-state index in [0.717, 1.165) is 17.9 Å². The van der Waals surface area contributed by atoms with Crippen LogP contribution in [-0.4, -0.2) is 9.55 Å². The molecule has 96 valence electrons. The van der Waals surface area contributed by atoms with Crippen LogP contribution in [0.1, 0.15) is 32.0 Å². The number of fused-ring (bicyclic) bond motifs is 1. The number of imidazole rings is 1. The van der Waals surface area contributed by atoms with Crippen molar-refractivity contribution in [3.8, 4) is 0 Å². The highest BCUT2D eigenvalue weighted by Gasteiger charge is 2.41. The molecule has 0 saturated heterocycles. The minimum atomic E-state index is -0.245. The summed E-state index contributed by atoms with van der Waals surface area (Å²) in [6, 6.07) is 4.77. The van der Waals surface area contributed by atoms with Crippen molar-refractivity contribution in [2.75, 3.05) is 0 Å². The molecule has 0 radical (unpaired) electrons. The second-order valence-corrected chi connectivity index (χ2v) is 5.50. The van der Waals surface area contributed by atoms with Crippen molar-refractivity contribution in [3.63, 3.8) is 0 Å². The average molecular weight is 267 g/mol. The molecule has 0 N–H and O–H groups in total. The summed E-state index contributed by atoms with van der Waals surface area (Å²) in [5.74, 6) is 0.970. The van der Waals surface area contributed by atoms with Crippen molar-refractivity contribution in [3.05, 3.63) is 29.8 Å². The second-order valence-electron chi connectivity index (χ2n) is 5.23. The van der Waals surface area contributed by atoms with Gasteiger partial charge < -0.3 is 4.57 Å². The van der Waals surface area contributed by atoms with Crippen LogP contribution in [0.5, 0.6) is 0 Å². The summed E-state index contributed by atoms with van der Waals surface area (Å²) in [4.78, 5) is 4.43. The number of hydrogen-bond acceptors (Lipinski definition) is 1. The Morgan fingerprint density at radius 2 is 2.22 bits per heavy atom. The predicted molar refractivity (Wildman–Crippen MR) is 71.2 cm³/mol. The molecule has 1 aromatic heterocycles. The average Bonchev–Trinajstić information content (AvgIpc) is 3.07. The molecule has 0 bridgehead atoms. The molecule has 0 atom stereocenters. The fraction of sp³-hybridized carbons (Fsp3) is 0.500. The first-order valence-corrected chi connectivity index (χ1v) is 6.91. The number of aromatic nitrogens is 2. The quantitative estimate of drug-likeness (QED) is 0.762. The first-order chi connectivity index (χ1) is 8.67. The number of alkyl halides is 1. The topological polar surface area (TPSA) is 17.8 Å². The van der Waals surface area contributed by atoms with Crippen LogP contribution in [0.25, 0.3) is 11.0 Å². The van der Waals surface area contributed by atoms with E-state index in [0.29, 0.717) is 16.8 Å². The van der Waals surface area contributed by atoms with Crippen molar-refractivity contribution < 1.29 is 4.39 Å². The number of benzene rings is 1. The molecule has 0 spiro atoms. The largest absolute Gasteiger partial charge is 0.326 e. The van der Waals surface area contributed by atoms with Gasteiger partial charge in [-0.15, -0.1) is 11.6 Å². The zero-order valence-electron chi connectivity index (χ0n) is 10.4. The lowest BCUT2D eigenvalue weighted by Crippen LogP contribution is -2.12. The Balaban J connectivity index is 2.08. The van der Waals surface area contributed by atoms with Gasteiger partial charge in [0.2, 0.25) is 0 Å². The molecule has 1 aromatic carbocycles. The molecule has 2 nitrogen and oxygen atoms in total. The van der Waals surface area contributed by atoms with Gasteiger partial charge in [-0.1, -0.05) is 6.92 Å². The molecule has 18 heavy (non-hydrogen) atoms. The molecular weight excluding hydrogens is 251 g/mol. The van der Waals surface area contributed by atoms with Crippen molar-refractivity contribution in [1.29, 1.82) is 0 Å². The normalized spacial score (nSPS) is 17.3. The highest BCUT2D eigenvalue weighted by Crippen LogP contribution is 2.50. The van der Waals surface area contributed by atoms with Gasteiger partial charge in [0.05, 0.1) is 16.9 Å². The molecule has 1 saturated carbocycles. The van der Waals surface area contributed by atoms with Gasteiger partial charge in [0.1, 0.15) is 11.6 Å². The molecule has 1 heterocycles.